The molecule has 0 spiro atoms. The summed E-state index contributed by atoms with van der Waals surface area (Å²) < 4.78 is 5.96. The zero-order chi connectivity index (χ0) is 20.2. The van der Waals surface area contributed by atoms with Gasteiger partial charge < -0.3 is 15.4 Å². The minimum absolute atomic E-state index is 0.0371. The van der Waals surface area contributed by atoms with Crippen LogP contribution in [0.3, 0.4) is 0 Å². The number of nitrogens with two attached hydrogens (primary N) is 1. The number of aryl methyl sites for hydroxylation is 1. The van der Waals surface area contributed by atoms with Crippen LogP contribution in [-0.4, -0.2) is 43.8 Å². The molecule has 3 heterocycles. The third-order valence-electron chi connectivity index (χ3n) is 4.97. The normalized spacial score (nSPS) is 16.4. The van der Waals surface area contributed by atoms with E-state index in [1.807, 2.05) is 35.2 Å². The number of aromatic nitrogens is 4. The molecule has 8 nitrogen and oxygen atoms in total. The molecule has 1 aliphatic heterocycles. The van der Waals surface area contributed by atoms with Gasteiger partial charge in [0, 0.05) is 37.6 Å². The molecule has 148 valence electrons. The Hall–Kier alpha value is -3.55. The third kappa shape index (κ3) is 4.16. The molecule has 2 N–H and O–H groups in total. The Balaban J connectivity index is 1.55. The summed E-state index contributed by atoms with van der Waals surface area (Å²) in [5.74, 6) is 1.28. The molecule has 1 fully saturated rings. The van der Waals surface area contributed by atoms with Gasteiger partial charge in [-0.2, -0.15) is 0 Å². The number of hydrogen-bond donors (Lipinski definition) is 1. The van der Waals surface area contributed by atoms with Crippen molar-refractivity contribution in [3.05, 3.63) is 65.9 Å². The lowest BCUT2D eigenvalue weighted by molar-refractivity contribution is 0.0703. The second-order valence-electron chi connectivity index (χ2n) is 6.98. The number of nitrogens with zero attached hydrogens (tertiary/aromatic N) is 5. The van der Waals surface area contributed by atoms with Crippen LogP contribution in [0.1, 0.15) is 40.5 Å². The number of nitrogen functional groups attached to an aromatic ring is 1. The Labute approximate surface area is 168 Å². The molecule has 29 heavy (non-hydrogen) atoms. The number of ether oxygens (including phenoxy) is 1. The molecule has 1 aliphatic rings. The summed E-state index contributed by atoms with van der Waals surface area (Å²) in [6.07, 6.45) is 6.54. The van der Waals surface area contributed by atoms with Crippen molar-refractivity contribution in [1.82, 2.24) is 24.8 Å². The first-order chi connectivity index (χ1) is 14.1. The quantitative estimate of drug-likeness (QED) is 0.730. The van der Waals surface area contributed by atoms with Crippen LogP contribution in [0.5, 0.6) is 11.6 Å². The van der Waals surface area contributed by atoms with Crippen LogP contribution in [-0.2, 0) is 0 Å². The van der Waals surface area contributed by atoms with Crippen molar-refractivity contribution in [2.24, 2.45) is 0 Å². The fraction of sp³-hybridized carbons (Fsp3) is 0.286. The van der Waals surface area contributed by atoms with Crippen molar-refractivity contribution in [3.63, 3.8) is 0 Å². The van der Waals surface area contributed by atoms with Gasteiger partial charge in [0.1, 0.15) is 11.4 Å². The van der Waals surface area contributed by atoms with E-state index in [0.29, 0.717) is 36.0 Å². The third-order valence-corrected chi connectivity index (χ3v) is 4.97. The molecular formula is C21H22N6O2. The molecular weight excluding hydrogens is 368 g/mol. The van der Waals surface area contributed by atoms with Crippen LogP contribution in [0.2, 0.25) is 0 Å². The van der Waals surface area contributed by atoms with Crippen molar-refractivity contribution in [2.45, 2.75) is 25.7 Å². The van der Waals surface area contributed by atoms with Gasteiger partial charge in [0.25, 0.3) is 5.91 Å². The standard InChI is InChI=1S/C21H22N6O2/c1-14-17(12-25-21(22)26-14)20(28)27-11-5-6-15(13-27)18-19(24-10-9-23-18)29-16-7-3-2-4-8-16/h2-4,7-10,12,15H,5-6,11,13H2,1H3,(H2,22,25,26)/t15-/m0/s1. The maximum atomic E-state index is 13.0. The molecule has 0 bridgehead atoms. The molecule has 1 atom stereocenters. The number of piperidine rings is 1. The maximum absolute atomic E-state index is 13.0. The lowest BCUT2D eigenvalue weighted by Gasteiger charge is -2.33. The summed E-state index contributed by atoms with van der Waals surface area (Å²) in [6.45, 7) is 2.97. The number of rotatable bonds is 4. The Kier molecular flexibility index (Phi) is 5.33. The van der Waals surface area contributed by atoms with E-state index in [1.54, 1.807) is 19.3 Å². The van der Waals surface area contributed by atoms with Crippen molar-refractivity contribution in [3.8, 4) is 11.6 Å². The molecule has 1 saturated heterocycles. The second-order valence-corrected chi connectivity index (χ2v) is 6.98. The first-order valence-electron chi connectivity index (χ1n) is 9.54. The number of likely N-dealkylation sites (tertiary alicyclic amines) is 1. The number of amides is 1. The number of anilines is 1. The Morgan fingerprint density at radius 1 is 1.17 bits per heavy atom. The number of benzene rings is 1. The molecule has 2 aromatic heterocycles. The van der Waals surface area contributed by atoms with Crippen LogP contribution in [0.25, 0.3) is 0 Å². The molecule has 3 aromatic rings. The van der Waals surface area contributed by atoms with E-state index in [2.05, 4.69) is 19.9 Å². The molecule has 0 unspecified atom stereocenters. The van der Waals surface area contributed by atoms with E-state index in [4.69, 9.17) is 10.5 Å². The molecule has 1 aromatic carbocycles. The van der Waals surface area contributed by atoms with Gasteiger partial charge in [-0.25, -0.2) is 15.0 Å². The molecule has 0 radical (unpaired) electrons. The minimum Gasteiger partial charge on any atom is -0.437 e. The fourth-order valence-electron chi connectivity index (χ4n) is 3.54. The molecule has 1 amide bonds. The van der Waals surface area contributed by atoms with Crippen molar-refractivity contribution in [1.29, 1.82) is 0 Å². The van der Waals surface area contributed by atoms with Crippen LogP contribution in [0, 0.1) is 6.92 Å². The summed E-state index contributed by atoms with van der Waals surface area (Å²) in [6, 6.07) is 9.49. The second kappa shape index (κ2) is 8.22. The highest BCUT2D eigenvalue weighted by Gasteiger charge is 2.29. The van der Waals surface area contributed by atoms with E-state index in [9.17, 15) is 4.79 Å². The number of carbonyl (C=O) groups excluding carboxylic acids is 1. The van der Waals surface area contributed by atoms with Gasteiger partial charge in [0.15, 0.2) is 0 Å². The average Bonchev–Trinajstić information content (AvgIpc) is 2.75. The van der Waals surface area contributed by atoms with Gasteiger partial charge in [-0.05, 0) is 31.9 Å². The summed E-state index contributed by atoms with van der Waals surface area (Å²) in [4.78, 5) is 31.8. The Morgan fingerprint density at radius 2 is 1.97 bits per heavy atom. The number of para-hydroxylation sites is 1. The topological polar surface area (TPSA) is 107 Å². The predicted molar refractivity (Wildman–Crippen MR) is 108 cm³/mol. The van der Waals surface area contributed by atoms with Gasteiger partial charge in [-0.3, -0.25) is 9.78 Å². The predicted octanol–water partition coefficient (Wildman–Crippen LogP) is 2.97. The number of hydrogen-bond acceptors (Lipinski definition) is 7. The minimum atomic E-state index is -0.0957. The maximum Gasteiger partial charge on any atom is 0.257 e. The first kappa shape index (κ1) is 18.8. The van der Waals surface area contributed by atoms with Crippen LogP contribution >= 0.6 is 0 Å². The van der Waals surface area contributed by atoms with E-state index >= 15 is 0 Å². The average molecular weight is 390 g/mol. The van der Waals surface area contributed by atoms with Crippen molar-refractivity contribution < 1.29 is 9.53 Å². The summed E-state index contributed by atoms with van der Waals surface area (Å²) in [7, 11) is 0. The smallest absolute Gasteiger partial charge is 0.257 e. The SMILES string of the molecule is Cc1nc(N)ncc1C(=O)N1CCC[C@H](c2nccnc2Oc2ccccc2)C1. The van der Waals surface area contributed by atoms with Crippen molar-refractivity contribution >= 4 is 11.9 Å². The van der Waals surface area contributed by atoms with Crippen LogP contribution in [0.4, 0.5) is 5.95 Å². The molecule has 0 saturated carbocycles. The lowest BCUT2D eigenvalue weighted by Crippen LogP contribution is -2.39. The van der Waals surface area contributed by atoms with E-state index < -0.39 is 0 Å². The van der Waals surface area contributed by atoms with Gasteiger partial charge in [-0.15, -0.1) is 0 Å². The van der Waals surface area contributed by atoms with Gasteiger partial charge >= 0.3 is 0 Å². The number of carbonyl (C=O) groups is 1. The Bertz CT molecular complexity index is 1010. The fourth-order valence-corrected chi connectivity index (χ4v) is 3.54. The van der Waals surface area contributed by atoms with Crippen LogP contribution in [0.15, 0.2) is 48.9 Å². The Morgan fingerprint density at radius 3 is 2.76 bits per heavy atom. The van der Waals surface area contributed by atoms with Crippen LogP contribution < -0.4 is 10.5 Å². The zero-order valence-corrected chi connectivity index (χ0v) is 16.2. The first-order valence-corrected chi connectivity index (χ1v) is 9.54. The summed E-state index contributed by atoms with van der Waals surface area (Å²) in [5, 5.41) is 0. The summed E-state index contributed by atoms with van der Waals surface area (Å²) in [5.41, 5.74) is 7.42. The van der Waals surface area contributed by atoms with Gasteiger partial charge in [-0.1, -0.05) is 18.2 Å². The highest BCUT2D eigenvalue weighted by Crippen LogP contribution is 2.33. The largest absolute Gasteiger partial charge is 0.437 e. The molecule has 4 rings (SSSR count). The highest BCUT2D eigenvalue weighted by molar-refractivity contribution is 5.95. The van der Waals surface area contributed by atoms with Gasteiger partial charge in [0.2, 0.25) is 11.8 Å². The lowest BCUT2D eigenvalue weighted by atomic mass is 9.94. The van der Waals surface area contributed by atoms with Crippen molar-refractivity contribution in [2.75, 3.05) is 18.8 Å². The monoisotopic (exact) mass is 390 g/mol. The molecule has 0 aliphatic carbocycles. The van der Waals surface area contributed by atoms with Gasteiger partial charge in [0.05, 0.1) is 11.3 Å². The van der Waals surface area contributed by atoms with E-state index in [-0.39, 0.29) is 17.8 Å². The highest BCUT2D eigenvalue weighted by atomic mass is 16.5. The van der Waals surface area contributed by atoms with E-state index in [0.717, 1.165) is 18.5 Å². The molecule has 8 heteroatoms. The van der Waals surface area contributed by atoms with E-state index in [1.165, 1.54) is 6.20 Å². The summed E-state index contributed by atoms with van der Waals surface area (Å²) >= 11 is 0. The zero-order valence-electron chi connectivity index (χ0n) is 16.2.